The Morgan fingerprint density at radius 3 is 2.70 bits per heavy atom. The van der Waals surface area contributed by atoms with Gasteiger partial charge in [0, 0.05) is 17.8 Å². The predicted octanol–water partition coefficient (Wildman–Crippen LogP) is 2.96. The fourth-order valence-corrected chi connectivity index (χ4v) is 3.39. The molecule has 0 bridgehead atoms. The first kappa shape index (κ1) is 19.6. The fourth-order valence-electron chi connectivity index (χ4n) is 2.63. The zero-order valence-corrected chi connectivity index (χ0v) is 15.9. The van der Waals surface area contributed by atoms with E-state index < -0.39 is 29.9 Å². The highest BCUT2D eigenvalue weighted by molar-refractivity contribution is 7.16. The summed E-state index contributed by atoms with van der Waals surface area (Å²) in [4.78, 5) is 32.1. The summed E-state index contributed by atoms with van der Waals surface area (Å²) in [6.07, 6.45) is -0.371. The van der Waals surface area contributed by atoms with E-state index in [9.17, 15) is 18.0 Å². The minimum absolute atomic E-state index is 0.113. The second kappa shape index (κ2) is 7.62. The van der Waals surface area contributed by atoms with Crippen LogP contribution in [0.2, 0.25) is 0 Å². The third-order valence-electron chi connectivity index (χ3n) is 3.87. The van der Waals surface area contributed by atoms with Crippen LogP contribution in [0.3, 0.4) is 0 Å². The number of nitrogens with zero attached hydrogens (tertiary/aromatic N) is 7. The maximum atomic E-state index is 13.3. The molecule has 4 aromatic rings. The number of nitrogens with one attached hydrogen (secondary N) is 2. The minimum Gasteiger partial charge on any atom is -0.328 e. The van der Waals surface area contributed by atoms with E-state index in [0.29, 0.717) is 5.82 Å². The summed E-state index contributed by atoms with van der Waals surface area (Å²) in [5.74, 6) is 0.108. The van der Waals surface area contributed by atoms with Crippen molar-refractivity contribution in [2.24, 2.45) is 0 Å². The molecule has 0 aliphatic heterocycles. The van der Waals surface area contributed by atoms with Crippen LogP contribution in [0.1, 0.15) is 24.5 Å². The zero-order valence-electron chi connectivity index (χ0n) is 15.1. The Kier molecular flexibility index (Phi) is 4.99. The van der Waals surface area contributed by atoms with Crippen molar-refractivity contribution in [1.29, 1.82) is 0 Å². The normalized spacial score (nSPS) is 12.7. The fraction of sp³-hybridized carbons (Fsp3) is 0.188. The number of urea groups is 1. The number of amides is 2. The van der Waals surface area contributed by atoms with Gasteiger partial charge in [0.1, 0.15) is 11.2 Å². The topological polar surface area (TPSA) is 123 Å². The van der Waals surface area contributed by atoms with Crippen LogP contribution in [-0.2, 0) is 6.18 Å². The molecule has 0 saturated carbocycles. The smallest absolute Gasteiger partial charge is 0.328 e. The Morgan fingerprint density at radius 1 is 1.20 bits per heavy atom. The summed E-state index contributed by atoms with van der Waals surface area (Å²) in [6.45, 7) is 1.62. The molecule has 30 heavy (non-hydrogen) atoms. The average Bonchev–Trinajstić information content (AvgIpc) is 3.36. The maximum Gasteiger partial charge on any atom is 0.434 e. The number of anilines is 1. The second-order valence-corrected chi connectivity index (χ2v) is 6.83. The van der Waals surface area contributed by atoms with Gasteiger partial charge in [0.05, 0.1) is 6.04 Å². The molecule has 1 atom stereocenters. The summed E-state index contributed by atoms with van der Waals surface area (Å²) < 4.78 is 41.1. The molecule has 0 aliphatic carbocycles. The molecule has 154 valence electrons. The maximum absolute atomic E-state index is 13.3. The van der Waals surface area contributed by atoms with Gasteiger partial charge in [0.2, 0.25) is 5.95 Å². The molecule has 0 aromatic carbocycles. The molecule has 4 aromatic heterocycles. The lowest BCUT2D eigenvalue weighted by atomic mass is 10.3. The van der Waals surface area contributed by atoms with E-state index in [-0.39, 0.29) is 16.2 Å². The first-order valence-corrected chi connectivity index (χ1v) is 9.28. The molecule has 0 spiro atoms. The van der Waals surface area contributed by atoms with Gasteiger partial charge < -0.3 is 5.32 Å². The van der Waals surface area contributed by atoms with Crippen LogP contribution in [0.5, 0.6) is 0 Å². The molecule has 14 heteroatoms. The molecule has 0 saturated heterocycles. The lowest BCUT2D eigenvalue weighted by Gasteiger charge is -2.14. The monoisotopic (exact) mass is 435 g/mol. The summed E-state index contributed by atoms with van der Waals surface area (Å²) in [5, 5.41) is 10.2. The van der Waals surface area contributed by atoms with Crippen molar-refractivity contribution in [2.75, 3.05) is 5.32 Å². The molecule has 0 aliphatic rings. The van der Waals surface area contributed by atoms with Crippen LogP contribution < -0.4 is 10.6 Å². The first-order valence-electron chi connectivity index (χ1n) is 8.40. The standard InChI is InChI=1S/C16H12F3N9OS/c1-8(11-22-7-23-28(11)14-20-4-2-5-21-14)24-15(29)27-13-25-10(16(17,18)19)9-3-6-30-12(9)26-13/h2-8H,1H3,(H2,24,25,26,27,29). The SMILES string of the molecule is CC(NC(=O)Nc1nc(C(F)(F)F)c2ccsc2n1)c1ncnn1-c1ncccn1. The Bertz CT molecular complexity index is 1190. The van der Waals surface area contributed by atoms with Gasteiger partial charge in [0.15, 0.2) is 11.5 Å². The molecule has 4 rings (SSSR count). The van der Waals surface area contributed by atoms with Gasteiger partial charge in [0.25, 0.3) is 5.95 Å². The van der Waals surface area contributed by atoms with Crippen molar-refractivity contribution in [1.82, 2.24) is 40.0 Å². The molecule has 10 nitrogen and oxygen atoms in total. The van der Waals surface area contributed by atoms with Crippen molar-refractivity contribution >= 4 is 33.5 Å². The number of carbonyl (C=O) groups excluding carboxylic acids is 1. The quantitative estimate of drug-likeness (QED) is 0.505. The number of aromatic nitrogens is 7. The van der Waals surface area contributed by atoms with Crippen LogP contribution in [0, 0.1) is 0 Å². The first-order chi connectivity index (χ1) is 14.3. The highest BCUT2D eigenvalue weighted by Gasteiger charge is 2.36. The molecule has 1 unspecified atom stereocenters. The highest BCUT2D eigenvalue weighted by Crippen LogP contribution is 2.35. The number of fused-ring (bicyclic) bond motifs is 1. The molecular formula is C16H12F3N9OS. The van der Waals surface area contributed by atoms with Gasteiger partial charge >= 0.3 is 12.2 Å². The van der Waals surface area contributed by atoms with Gasteiger partial charge in [-0.05, 0) is 24.4 Å². The molecule has 0 fully saturated rings. The molecule has 0 radical (unpaired) electrons. The van der Waals surface area contributed by atoms with E-state index in [1.165, 1.54) is 34.8 Å². The minimum atomic E-state index is -4.69. The van der Waals surface area contributed by atoms with E-state index in [1.807, 2.05) is 0 Å². The van der Waals surface area contributed by atoms with Crippen LogP contribution >= 0.6 is 11.3 Å². The molecule has 2 amide bonds. The van der Waals surface area contributed by atoms with Gasteiger partial charge in [-0.2, -0.15) is 23.0 Å². The van der Waals surface area contributed by atoms with Gasteiger partial charge in [-0.15, -0.1) is 11.3 Å². The Labute approximate surface area is 170 Å². The lowest BCUT2D eigenvalue weighted by Crippen LogP contribution is -2.33. The highest BCUT2D eigenvalue weighted by atomic mass is 32.1. The van der Waals surface area contributed by atoms with Gasteiger partial charge in [-0.1, -0.05) is 0 Å². The summed E-state index contributed by atoms with van der Waals surface area (Å²) in [6, 6.07) is 1.43. The van der Waals surface area contributed by atoms with Crippen LogP contribution in [-0.4, -0.2) is 40.7 Å². The van der Waals surface area contributed by atoms with Crippen molar-refractivity contribution in [3.8, 4) is 5.95 Å². The van der Waals surface area contributed by atoms with Gasteiger partial charge in [-0.25, -0.2) is 29.7 Å². The number of rotatable bonds is 4. The van der Waals surface area contributed by atoms with Crippen molar-refractivity contribution < 1.29 is 18.0 Å². The zero-order chi connectivity index (χ0) is 21.3. The van der Waals surface area contributed by atoms with E-state index in [1.54, 1.807) is 13.0 Å². The lowest BCUT2D eigenvalue weighted by molar-refractivity contribution is -0.139. The summed E-state index contributed by atoms with van der Waals surface area (Å²) in [7, 11) is 0. The van der Waals surface area contributed by atoms with Crippen molar-refractivity contribution in [2.45, 2.75) is 19.1 Å². The Morgan fingerprint density at radius 2 is 1.97 bits per heavy atom. The number of hydrogen-bond acceptors (Lipinski definition) is 8. The Balaban J connectivity index is 1.53. The molecular weight excluding hydrogens is 423 g/mol. The number of hydrogen-bond donors (Lipinski definition) is 2. The number of halogens is 3. The largest absolute Gasteiger partial charge is 0.434 e. The number of thiophene rings is 1. The van der Waals surface area contributed by atoms with E-state index in [2.05, 4.69) is 40.7 Å². The van der Waals surface area contributed by atoms with Crippen LogP contribution in [0.25, 0.3) is 16.2 Å². The molecule has 4 heterocycles. The van der Waals surface area contributed by atoms with Crippen molar-refractivity contribution in [3.05, 3.63) is 47.8 Å². The van der Waals surface area contributed by atoms with E-state index in [0.717, 1.165) is 11.3 Å². The number of alkyl halides is 3. The van der Waals surface area contributed by atoms with E-state index in [4.69, 9.17) is 0 Å². The molecule has 2 N–H and O–H groups in total. The summed E-state index contributed by atoms with van der Waals surface area (Å²) in [5.41, 5.74) is -1.11. The predicted molar refractivity (Wildman–Crippen MR) is 99.9 cm³/mol. The van der Waals surface area contributed by atoms with Crippen LogP contribution in [0.15, 0.2) is 36.2 Å². The third kappa shape index (κ3) is 3.89. The summed E-state index contributed by atoms with van der Waals surface area (Å²) >= 11 is 1.01. The third-order valence-corrected chi connectivity index (χ3v) is 4.68. The van der Waals surface area contributed by atoms with Crippen molar-refractivity contribution in [3.63, 3.8) is 0 Å². The van der Waals surface area contributed by atoms with E-state index >= 15 is 0 Å². The van der Waals surface area contributed by atoms with Gasteiger partial charge in [-0.3, -0.25) is 5.32 Å². The average molecular weight is 435 g/mol. The number of carbonyl (C=O) groups is 1. The Hall–Kier alpha value is -3.68. The van der Waals surface area contributed by atoms with Crippen LogP contribution in [0.4, 0.5) is 23.9 Å². The second-order valence-electron chi connectivity index (χ2n) is 5.93.